The Morgan fingerprint density at radius 2 is 1.80 bits per heavy atom. The highest BCUT2D eigenvalue weighted by atomic mass is 16.5. The summed E-state index contributed by atoms with van der Waals surface area (Å²) < 4.78 is 16.2. The molecule has 2 aromatic rings. The fourth-order valence-electron chi connectivity index (χ4n) is 2.55. The van der Waals surface area contributed by atoms with Crippen molar-refractivity contribution in [3.05, 3.63) is 53.6 Å². The van der Waals surface area contributed by atoms with Crippen LogP contribution in [0.25, 0.3) is 0 Å². The lowest BCUT2D eigenvalue weighted by Gasteiger charge is -2.12. The van der Waals surface area contributed by atoms with Crippen molar-refractivity contribution in [1.82, 2.24) is 5.32 Å². The lowest BCUT2D eigenvalue weighted by atomic mass is 10.1. The predicted molar refractivity (Wildman–Crippen MR) is 97.3 cm³/mol. The van der Waals surface area contributed by atoms with Gasteiger partial charge in [-0.25, -0.2) is 0 Å². The Bertz CT molecular complexity index is 700. The smallest absolute Gasteiger partial charge is 0.220 e. The molecule has 0 radical (unpaired) electrons. The van der Waals surface area contributed by atoms with E-state index >= 15 is 0 Å². The quantitative estimate of drug-likeness (QED) is 0.759. The van der Waals surface area contributed by atoms with Gasteiger partial charge in [-0.2, -0.15) is 0 Å². The monoisotopic (exact) mass is 343 g/mol. The Morgan fingerprint density at radius 3 is 2.52 bits per heavy atom. The number of carbonyl (C=O) groups excluding carboxylic acids is 1. The third-order valence-corrected chi connectivity index (χ3v) is 3.86. The SMILES string of the molecule is CCOc1ccccc1CNC(=O)CCc1cc(OC)ccc1OC. The summed E-state index contributed by atoms with van der Waals surface area (Å²) in [5, 5.41) is 2.94. The van der Waals surface area contributed by atoms with Gasteiger partial charge in [0.15, 0.2) is 0 Å². The molecule has 0 saturated carbocycles. The van der Waals surface area contributed by atoms with Crippen molar-refractivity contribution in [2.45, 2.75) is 26.3 Å². The maximum absolute atomic E-state index is 12.2. The van der Waals surface area contributed by atoms with E-state index in [0.717, 1.165) is 28.4 Å². The first kappa shape index (κ1) is 18.6. The predicted octanol–water partition coefficient (Wildman–Crippen LogP) is 3.35. The molecule has 5 nitrogen and oxygen atoms in total. The zero-order chi connectivity index (χ0) is 18.1. The van der Waals surface area contributed by atoms with Gasteiger partial charge in [0.1, 0.15) is 17.2 Å². The molecule has 0 aromatic heterocycles. The van der Waals surface area contributed by atoms with Crippen molar-refractivity contribution in [3.63, 3.8) is 0 Å². The molecule has 2 aromatic carbocycles. The molecular weight excluding hydrogens is 318 g/mol. The largest absolute Gasteiger partial charge is 0.497 e. The molecule has 0 unspecified atom stereocenters. The molecule has 0 fully saturated rings. The molecule has 0 aliphatic carbocycles. The molecule has 0 atom stereocenters. The minimum atomic E-state index is -0.0174. The molecule has 0 bridgehead atoms. The summed E-state index contributed by atoms with van der Waals surface area (Å²) in [5.41, 5.74) is 1.92. The van der Waals surface area contributed by atoms with Gasteiger partial charge < -0.3 is 19.5 Å². The summed E-state index contributed by atoms with van der Waals surface area (Å²) in [6.07, 6.45) is 0.958. The molecular formula is C20H25NO4. The van der Waals surface area contributed by atoms with E-state index in [4.69, 9.17) is 14.2 Å². The Kier molecular flexibility index (Phi) is 7.14. The summed E-state index contributed by atoms with van der Waals surface area (Å²) in [4.78, 5) is 12.2. The number of ether oxygens (including phenoxy) is 3. The summed E-state index contributed by atoms with van der Waals surface area (Å²) in [5.74, 6) is 2.30. The van der Waals surface area contributed by atoms with Gasteiger partial charge in [-0.3, -0.25) is 4.79 Å². The van der Waals surface area contributed by atoms with Crippen molar-refractivity contribution in [3.8, 4) is 17.2 Å². The molecule has 0 heterocycles. The second-order valence-corrected chi connectivity index (χ2v) is 5.50. The molecule has 0 aliphatic rings. The number of methoxy groups -OCH3 is 2. The minimum absolute atomic E-state index is 0.0174. The molecule has 2 rings (SSSR count). The summed E-state index contributed by atoms with van der Waals surface area (Å²) in [6, 6.07) is 13.3. The third kappa shape index (κ3) is 5.41. The van der Waals surface area contributed by atoms with Crippen LogP contribution in [0.3, 0.4) is 0 Å². The number of nitrogens with one attached hydrogen (secondary N) is 1. The van der Waals surface area contributed by atoms with E-state index in [-0.39, 0.29) is 5.91 Å². The molecule has 1 N–H and O–H groups in total. The van der Waals surface area contributed by atoms with Crippen LogP contribution in [0.15, 0.2) is 42.5 Å². The van der Waals surface area contributed by atoms with E-state index in [1.807, 2.05) is 49.4 Å². The van der Waals surface area contributed by atoms with Crippen molar-refractivity contribution < 1.29 is 19.0 Å². The Labute approximate surface area is 148 Å². The Morgan fingerprint density at radius 1 is 1.00 bits per heavy atom. The maximum atomic E-state index is 12.2. The number of hydrogen-bond donors (Lipinski definition) is 1. The average molecular weight is 343 g/mol. The highest BCUT2D eigenvalue weighted by Gasteiger charge is 2.09. The normalized spacial score (nSPS) is 10.2. The summed E-state index contributed by atoms with van der Waals surface area (Å²) in [6.45, 7) is 2.99. The van der Waals surface area contributed by atoms with Gasteiger partial charge in [-0.15, -0.1) is 0 Å². The first-order valence-corrected chi connectivity index (χ1v) is 8.36. The third-order valence-electron chi connectivity index (χ3n) is 3.86. The first-order chi connectivity index (χ1) is 12.2. The van der Waals surface area contributed by atoms with E-state index in [9.17, 15) is 4.79 Å². The first-order valence-electron chi connectivity index (χ1n) is 8.36. The number of benzene rings is 2. The average Bonchev–Trinajstić information content (AvgIpc) is 2.65. The number of hydrogen-bond acceptors (Lipinski definition) is 4. The van der Waals surface area contributed by atoms with Crippen LogP contribution in [0, 0.1) is 0 Å². The fourth-order valence-corrected chi connectivity index (χ4v) is 2.55. The van der Waals surface area contributed by atoms with Crippen LogP contribution in [-0.2, 0) is 17.8 Å². The zero-order valence-electron chi connectivity index (χ0n) is 15.0. The Balaban J connectivity index is 1.91. The van der Waals surface area contributed by atoms with Crippen LogP contribution in [0.2, 0.25) is 0 Å². The zero-order valence-corrected chi connectivity index (χ0v) is 15.0. The van der Waals surface area contributed by atoms with Crippen molar-refractivity contribution >= 4 is 5.91 Å². The summed E-state index contributed by atoms with van der Waals surface area (Å²) >= 11 is 0. The molecule has 1 amide bonds. The van der Waals surface area contributed by atoms with Crippen molar-refractivity contribution in [1.29, 1.82) is 0 Å². The topological polar surface area (TPSA) is 56.8 Å². The van der Waals surface area contributed by atoms with E-state index in [0.29, 0.717) is 26.0 Å². The highest BCUT2D eigenvalue weighted by molar-refractivity contribution is 5.76. The van der Waals surface area contributed by atoms with Crippen LogP contribution < -0.4 is 19.5 Å². The Hall–Kier alpha value is -2.69. The van der Waals surface area contributed by atoms with Gasteiger partial charge in [0.25, 0.3) is 0 Å². The van der Waals surface area contributed by atoms with Gasteiger partial charge in [0.05, 0.1) is 20.8 Å². The molecule has 0 saturated heterocycles. The van der Waals surface area contributed by atoms with E-state index in [1.54, 1.807) is 14.2 Å². The van der Waals surface area contributed by atoms with Gasteiger partial charge in [0.2, 0.25) is 5.91 Å². The van der Waals surface area contributed by atoms with Crippen molar-refractivity contribution in [2.75, 3.05) is 20.8 Å². The van der Waals surface area contributed by atoms with Crippen molar-refractivity contribution in [2.24, 2.45) is 0 Å². The van der Waals surface area contributed by atoms with Gasteiger partial charge in [-0.05, 0) is 43.2 Å². The number of para-hydroxylation sites is 1. The van der Waals surface area contributed by atoms with Gasteiger partial charge in [-0.1, -0.05) is 18.2 Å². The molecule has 0 aliphatic heterocycles. The fraction of sp³-hybridized carbons (Fsp3) is 0.350. The second kappa shape index (κ2) is 9.57. The minimum Gasteiger partial charge on any atom is -0.497 e. The molecule has 134 valence electrons. The maximum Gasteiger partial charge on any atom is 0.220 e. The van der Waals surface area contributed by atoms with Crippen LogP contribution in [-0.4, -0.2) is 26.7 Å². The number of aryl methyl sites for hydroxylation is 1. The molecule has 5 heteroatoms. The van der Waals surface area contributed by atoms with Crippen LogP contribution in [0.4, 0.5) is 0 Å². The van der Waals surface area contributed by atoms with Crippen LogP contribution >= 0.6 is 0 Å². The highest BCUT2D eigenvalue weighted by Crippen LogP contribution is 2.25. The van der Waals surface area contributed by atoms with Gasteiger partial charge in [0, 0.05) is 18.5 Å². The van der Waals surface area contributed by atoms with E-state index in [2.05, 4.69) is 5.32 Å². The molecule has 25 heavy (non-hydrogen) atoms. The standard InChI is InChI=1S/C20H25NO4/c1-4-25-19-8-6-5-7-16(19)14-21-20(22)12-9-15-13-17(23-2)10-11-18(15)24-3/h5-8,10-11,13H,4,9,12,14H2,1-3H3,(H,21,22). The van der Waals surface area contributed by atoms with E-state index in [1.165, 1.54) is 0 Å². The lowest BCUT2D eigenvalue weighted by Crippen LogP contribution is -2.23. The van der Waals surface area contributed by atoms with Gasteiger partial charge >= 0.3 is 0 Å². The summed E-state index contributed by atoms with van der Waals surface area (Å²) in [7, 11) is 3.24. The van der Waals surface area contributed by atoms with Crippen LogP contribution in [0.1, 0.15) is 24.5 Å². The second-order valence-electron chi connectivity index (χ2n) is 5.50. The molecule has 0 spiro atoms. The number of amides is 1. The number of carbonyl (C=O) groups is 1. The van der Waals surface area contributed by atoms with Crippen LogP contribution in [0.5, 0.6) is 17.2 Å². The lowest BCUT2D eigenvalue weighted by molar-refractivity contribution is -0.121. The van der Waals surface area contributed by atoms with E-state index < -0.39 is 0 Å². The number of rotatable bonds is 9.